The van der Waals surface area contributed by atoms with E-state index in [-0.39, 0.29) is 29.8 Å². The maximum atomic E-state index is 13.7. The highest BCUT2D eigenvalue weighted by Gasteiger charge is 2.32. The number of esters is 1. The van der Waals surface area contributed by atoms with Gasteiger partial charge in [0.15, 0.2) is 5.11 Å². The van der Waals surface area contributed by atoms with E-state index in [4.69, 9.17) is 28.6 Å². The molecule has 0 unspecified atom stereocenters. The predicted octanol–water partition coefficient (Wildman–Crippen LogP) is 3.29. The van der Waals surface area contributed by atoms with Crippen molar-refractivity contribution in [3.63, 3.8) is 0 Å². The van der Waals surface area contributed by atoms with Crippen molar-refractivity contribution in [2.45, 2.75) is 6.61 Å². The molecule has 1 fully saturated rings. The Hall–Kier alpha value is -2.97. The van der Waals surface area contributed by atoms with Gasteiger partial charge < -0.3 is 14.8 Å². The summed E-state index contributed by atoms with van der Waals surface area (Å²) in [6.07, 6.45) is 1.55. The van der Waals surface area contributed by atoms with E-state index < -0.39 is 11.9 Å². The summed E-state index contributed by atoms with van der Waals surface area (Å²) in [6.45, 7) is -0.244. The first-order chi connectivity index (χ1) is 13.9. The Morgan fingerprint density at radius 2 is 2.07 bits per heavy atom. The first-order valence-corrected chi connectivity index (χ1v) is 9.25. The van der Waals surface area contributed by atoms with Gasteiger partial charge >= 0.3 is 5.97 Å². The minimum absolute atomic E-state index is 0.0314. The molecule has 2 aromatic carbocycles. The number of carbonyl (C=O) groups excluding carboxylic acids is 2. The summed E-state index contributed by atoms with van der Waals surface area (Å²) in [4.78, 5) is 24.9. The topological polar surface area (TPSA) is 67.9 Å². The summed E-state index contributed by atoms with van der Waals surface area (Å²) in [7, 11) is 1.23. The largest absolute Gasteiger partial charge is 0.487 e. The van der Waals surface area contributed by atoms with Gasteiger partial charge in [-0.3, -0.25) is 14.5 Å². The van der Waals surface area contributed by atoms with Crippen LogP contribution in [-0.4, -0.2) is 35.5 Å². The van der Waals surface area contributed by atoms with Gasteiger partial charge in [-0.1, -0.05) is 35.9 Å². The normalized spacial score (nSPS) is 14.9. The van der Waals surface area contributed by atoms with E-state index in [1.165, 1.54) is 13.2 Å². The van der Waals surface area contributed by atoms with Crippen LogP contribution in [0.25, 0.3) is 6.08 Å². The second-order valence-electron chi connectivity index (χ2n) is 6.03. The van der Waals surface area contributed by atoms with Crippen molar-refractivity contribution in [1.82, 2.24) is 10.2 Å². The molecule has 0 radical (unpaired) electrons. The molecule has 29 heavy (non-hydrogen) atoms. The SMILES string of the molecule is COC(=O)CN1C(=O)/C(=C/c2ccc(OCc3ccccc3F)c(Cl)c2)NC1=S. The molecule has 2 aromatic rings. The van der Waals surface area contributed by atoms with Gasteiger partial charge in [0, 0.05) is 5.56 Å². The zero-order valence-corrected chi connectivity index (χ0v) is 16.8. The average Bonchev–Trinajstić information content (AvgIpc) is 2.95. The number of rotatable bonds is 6. The lowest BCUT2D eigenvalue weighted by atomic mass is 10.1. The molecule has 9 heteroatoms. The van der Waals surface area contributed by atoms with E-state index in [1.807, 2.05) is 0 Å². The Balaban J connectivity index is 1.71. The van der Waals surface area contributed by atoms with Crippen LogP contribution in [0.5, 0.6) is 5.75 Å². The van der Waals surface area contributed by atoms with Gasteiger partial charge in [-0.25, -0.2) is 4.39 Å². The molecule has 0 aromatic heterocycles. The Labute approximate surface area is 176 Å². The fraction of sp³-hybridized carbons (Fsp3) is 0.150. The summed E-state index contributed by atoms with van der Waals surface area (Å²) >= 11 is 11.3. The van der Waals surface area contributed by atoms with Gasteiger partial charge in [0.05, 0.1) is 12.1 Å². The number of hydrogen-bond acceptors (Lipinski definition) is 5. The third-order valence-electron chi connectivity index (χ3n) is 4.09. The van der Waals surface area contributed by atoms with Crippen molar-refractivity contribution in [3.05, 3.63) is 70.1 Å². The van der Waals surface area contributed by atoms with E-state index in [0.29, 0.717) is 21.9 Å². The second-order valence-corrected chi connectivity index (χ2v) is 6.82. The van der Waals surface area contributed by atoms with Gasteiger partial charge in [0.1, 0.15) is 30.4 Å². The molecule has 1 aliphatic heterocycles. The Morgan fingerprint density at radius 1 is 1.31 bits per heavy atom. The number of nitrogens with one attached hydrogen (secondary N) is 1. The Morgan fingerprint density at radius 3 is 2.76 bits per heavy atom. The summed E-state index contributed by atoms with van der Waals surface area (Å²) in [5.41, 5.74) is 1.23. The summed E-state index contributed by atoms with van der Waals surface area (Å²) < 4.78 is 23.8. The second kappa shape index (κ2) is 9.02. The van der Waals surface area contributed by atoms with Crippen molar-refractivity contribution >= 4 is 46.9 Å². The van der Waals surface area contributed by atoms with Crippen LogP contribution in [0, 0.1) is 5.82 Å². The van der Waals surface area contributed by atoms with Crippen LogP contribution in [0.15, 0.2) is 48.2 Å². The van der Waals surface area contributed by atoms with Gasteiger partial charge in [0.2, 0.25) is 0 Å². The van der Waals surface area contributed by atoms with Crippen molar-refractivity contribution < 1.29 is 23.5 Å². The van der Waals surface area contributed by atoms with E-state index in [1.54, 1.807) is 42.5 Å². The summed E-state index contributed by atoms with van der Waals surface area (Å²) in [5.74, 6) is -1.01. The highest BCUT2D eigenvalue weighted by molar-refractivity contribution is 7.80. The Kier molecular flexibility index (Phi) is 6.46. The summed E-state index contributed by atoms with van der Waals surface area (Å²) in [5, 5.41) is 3.18. The van der Waals surface area contributed by atoms with Crippen molar-refractivity contribution in [2.24, 2.45) is 0 Å². The number of thiocarbonyl (C=S) groups is 1. The zero-order valence-electron chi connectivity index (χ0n) is 15.3. The highest BCUT2D eigenvalue weighted by Crippen LogP contribution is 2.28. The third-order valence-corrected chi connectivity index (χ3v) is 4.70. The van der Waals surface area contributed by atoms with Gasteiger partial charge in [-0.05, 0) is 42.1 Å². The molecule has 1 heterocycles. The maximum Gasteiger partial charge on any atom is 0.325 e. The number of nitrogens with zero attached hydrogens (tertiary/aromatic N) is 1. The molecule has 1 saturated heterocycles. The van der Waals surface area contributed by atoms with Crippen LogP contribution < -0.4 is 10.1 Å². The van der Waals surface area contributed by atoms with Crippen LogP contribution >= 0.6 is 23.8 Å². The van der Waals surface area contributed by atoms with Gasteiger partial charge in [0.25, 0.3) is 5.91 Å². The molecule has 0 bridgehead atoms. The standard InChI is InChI=1S/C20H16ClFN2O4S/c1-27-18(25)10-24-19(26)16(23-20(24)29)9-12-6-7-17(14(21)8-12)28-11-13-4-2-3-5-15(13)22/h2-9H,10-11H2,1H3,(H,23,29)/b16-9-. The molecule has 0 saturated carbocycles. The number of hydrogen-bond donors (Lipinski definition) is 1. The Bertz CT molecular complexity index is 1010. The number of carbonyl (C=O) groups is 2. The maximum absolute atomic E-state index is 13.7. The zero-order chi connectivity index (χ0) is 21.0. The first kappa shape index (κ1) is 20.8. The minimum atomic E-state index is -0.580. The van der Waals surface area contributed by atoms with E-state index in [9.17, 15) is 14.0 Å². The number of halogens is 2. The van der Waals surface area contributed by atoms with Crippen LogP contribution in [0.2, 0.25) is 5.02 Å². The fourth-order valence-electron chi connectivity index (χ4n) is 2.57. The molecule has 1 amide bonds. The van der Waals surface area contributed by atoms with Gasteiger partial charge in [-0.15, -0.1) is 0 Å². The van der Waals surface area contributed by atoms with E-state index in [0.717, 1.165) is 4.90 Å². The van der Waals surface area contributed by atoms with Crippen LogP contribution in [0.1, 0.15) is 11.1 Å². The van der Waals surface area contributed by atoms with Crippen LogP contribution in [0.3, 0.4) is 0 Å². The highest BCUT2D eigenvalue weighted by atomic mass is 35.5. The van der Waals surface area contributed by atoms with Crippen molar-refractivity contribution in [2.75, 3.05) is 13.7 Å². The van der Waals surface area contributed by atoms with Crippen molar-refractivity contribution in [1.29, 1.82) is 0 Å². The number of methoxy groups -OCH3 is 1. The first-order valence-electron chi connectivity index (χ1n) is 8.46. The molecule has 0 spiro atoms. The van der Waals surface area contributed by atoms with Gasteiger partial charge in [-0.2, -0.15) is 0 Å². The van der Waals surface area contributed by atoms with Crippen molar-refractivity contribution in [3.8, 4) is 5.75 Å². The molecule has 0 aliphatic carbocycles. The monoisotopic (exact) mass is 434 g/mol. The molecule has 0 atom stereocenters. The molecule has 6 nitrogen and oxygen atoms in total. The smallest absolute Gasteiger partial charge is 0.325 e. The quantitative estimate of drug-likeness (QED) is 0.427. The molecule has 3 rings (SSSR count). The molecular weight excluding hydrogens is 419 g/mol. The fourth-order valence-corrected chi connectivity index (χ4v) is 3.07. The van der Waals surface area contributed by atoms with E-state index in [2.05, 4.69) is 10.1 Å². The lowest BCUT2D eigenvalue weighted by Gasteiger charge is -2.11. The lowest BCUT2D eigenvalue weighted by Crippen LogP contribution is -2.35. The minimum Gasteiger partial charge on any atom is -0.487 e. The molecule has 150 valence electrons. The van der Waals surface area contributed by atoms with Crippen LogP contribution in [0.4, 0.5) is 4.39 Å². The third kappa shape index (κ3) is 4.90. The molecule has 1 aliphatic rings. The number of ether oxygens (including phenoxy) is 2. The van der Waals surface area contributed by atoms with Crippen LogP contribution in [-0.2, 0) is 20.9 Å². The summed E-state index contributed by atoms with van der Waals surface area (Å²) in [6, 6.07) is 11.2. The lowest BCUT2D eigenvalue weighted by molar-refractivity contribution is -0.143. The predicted molar refractivity (Wildman–Crippen MR) is 110 cm³/mol. The average molecular weight is 435 g/mol. The number of benzene rings is 2. The van der Waals surface area contributed by atoms with E-state index >= 15 is 0 Å². The molecular formula is C20H16ClFN2O4S. The molecule has 1 N–H and O–H groups in total. The number of amides is 1.